The summed E-state index contributed by atoms with van der Waals surface area (Å²) in [5.74, 6) is -1.43. The summed E-state index contributed by atoms with van der Waals surface area (Å²) >= 11 is 0. The van der Waals surface area contributed by atoms with Crippen molar-refractivity contribution in [2.75, 3.05) is 6.26 Å². The van der Waals surface area contributed by atoms with Crippen LogP contribution in [0.25, 0.3) is 0 Å². The van der Waals surface area contributed by atoms with Gasteiger partial charge < -0.3 is 10.4 Å². The molecular formula is C16H21NO5S. The largest absolute Gasteiger partial charge is 0.481 e. The number of carboxylic acid groups (broad SMARTS) is 1. The van der Waals surface area contributed by atoms with Crippen molar-refractivity contribution in [3.05, 3.63) is 29.3 Å². The van der Waals surface area contributed by atoms with E-state index in [0.29, 0.717) is 36.8 Å². The van der Waals surface area contributed by atoms with E-state index in [9.17, 15) is 18.0 Å². The summed E-state index contributed by atoms with van der Waals surface area (Å²) in [5, 5.41) is 11.9. The normalized spacial score (nSPS) is 21.7. The molecule has 1 saturated carbocycles. The Balaban J connectivity index is 2.08. The van der Waals surface area contributed by atoms with Crippen LogP contribution in [-0.2, 0) is 14.6 Å². The van der Waals surface area contributed by atoms with Gasteiger partial charge in [-0.3, -0.25) is 9.59 Å². The Morgan fingerprint density at radius 3 is 2.30 bits per heavy atom. The molecule has 1 amide bonds. The van der Waals surface area contributed by atoms with Crippen molar-refractivity contribution < 1.29 is 23.1 Å². The molecule has 1 aromatic rings. The third kappa shape index (κ3) is 4.31. The van der Waals surface area contributed by atoms with Gasteiger partial charge in [0.1, 0.15) is 0 Å². The van der Waals surface area contributed by atoms with Gasteiger partial charge in [0, 0.05) is 17.9 Å². The van der Waals surface area contributed by atoms with Crippen LogP contribution in [0.15, 0.2) is 23.1 Å². The molecule has 1 aliphatic rings. The average Bonchev–Trinajstić information content (AvgIpc) is 2.46. The first-order valence-corrected chi connectivity index (χ1v) is 9.42. The maximum atomic E-state index is 12.4. The van der Waals surface area contributed by atoms with E-state index >= 15 is 0 Å². The third-order valence-corrected chi connectivity index (χ3v) is 5.40. The molecule has 0 radical (unpaired) electrons. The van der Waals surface area contributed by atoms with Crippen LogP contribution >= 0.6 is 0 Å². The molecule has 1 fully saturated rings. The Morgan fingerprint density at radius 1 is 1.17 bits per heavy atom. The zero-order valence-corrected chi connectivity index (χ0v) is 14.0. The summed E-state index contributed by atoms with van der Waals surface area (Å²) in [6.45, 7) is 1.75. The van der Waals surface area contributed by atoms with E-state index in [2.05, 4.69) is 5.32 Å². The molecule has 0 aromatic heterocycles. The topological polar surface area (TPSA) is 101 Å². The number of hydrogen-bond donors (Lipinski definition) is 2. The second-order valence-corrected chi connectivity index (χ2v) is 8.12. The molecule has 126 valence electrons. The van der Waals surface area contributed by atoms with Gasteiger partial charge in [-0.05, 0) is 50.3 Å². The minimum Gasteiger partial charge on any atom is -0.481 e. The molecule has 0 bridgehead atoms. The average molecular weight is 339 g/mol. The molecule has 1 aromatic carbocycles. The Hall–Kier alpha value is -1.89. The lowest BCUT2D eigenvalue weighted by atomic mass is 9.86. The van der Waals surface area contributed by atoms with Crippen molar-refractivity contribution in [2.45, 2.75) is 43.5 Å². The van der Waals surface area contributed by atoms with E-state index in [1.807, 2.05) is 0 Å². The van der Waals surface area contributed by atoms with Gasteiger partial charge in [0.25, 0.3) is 5.91 Å². The minimum absolute atomic E-state index is 0.0700. The van der Waals surface area contributed by atoms with Crippen molar-refractivity contribution in [2.24, 2.45) is 5.92 Å². The molecule has 23 heavy (non-hydrogen) atoms. The van der Waals surface area contributed by atoms with Gasteiger partial charge in [-0.25, -0.2) is 8.42 Å². The highest BCUT2D eigenvalue weighted by molar-refractivity contribution is 7.90. The van der Waals surface area contributed by atoms with Crippen LogP contribution in [0.2, 0.25) is 0 Å². The lowest BCUT2D eigenvalue weighted by Crippen LogP contribution is -2.39. The molecule has 7 heteroatoms. The maximum absolute atomic E-state index is 12.4. The van der Waals surface area contributed by atoms with E-state index in [1.54, 1.807) is 13.0 Å². The summed E-state index contributed by atoms with van der Waals surface area (Å²) in [5.41, 5.74) is 1.04. The van der Waals surface area contributed by atoms with E-state index in [-0.39, 0.29) is 22.8 Å². The number of carboxylic acids is 1. The van der Waals surface area contributed by atoms with Gasteiger partial charge in [0.2, 0.25) is 0 Å². The van der Waals surface area contributed by atoms with Crippen LogP contribution in [-0.4, -0.2) is 37.7 Å². The lowest BCUT2D eigenvalue weighted by Gasteiger charge is -2.27. The van der Waals surface area contributed by atoms with Gasteiger partial charge in [-0.15, -0.1) is 0 Å². The first-order valence-electron chi connectivity index (χ1n) is 7.53. The SMILES string of the molecule is Cc1ccc(S(C)(=O)=O)cc1C(=O)NC1CCC(C(=O)O)CC1. The number of carbonyl (C=O) groups excluding carboxylic acids is 1. The van der Waals surface area contributed by atoms with Crippen LogP contribution < -0.4 is 5.32 Å². The maximum Gasteiger partial charge on any atom is 0.306 e. The number of hydrogen-bond acceptors (Lipinski definition) is 4. The molecular weight excluding hydrogens is 318 g/mol. The van der Waals surface area contributed by atoms with Crippen LogP contribution in [0, 0.1) is 12.8 Å². The Labute approximate surface area is 135 Å². The fraction of sp³-hybridized carbons (Fsp3) is 0.500. The van der Waals surface area contributed by atoms with Gasteiger partial charge in [0.15, 0.2) is 9.84 Å². The second-order valence-electron chi connectivity index (χ2n) is 6.11. The lowest BCUT2D eigenvalue weighted by molar-refractivity contribution is -0.142. The zero-order chi connectivity index (χ0) is 17.2. The summed E-state index contributed by atoms with van der Waals surface area (Å²) in [6.07, 6.45) is 3.43. The number of sulfone groups is 1. The number of benzene rings is 1. The Kier molecular flexibility index (Phi) is 5.09. The van der Waals surface area contributed by atoms with Gasteiger partial charge in [-0.2, -0.15) is 0 Å². The molecule has 0 saturated heterocycles. The van der Waals surface area contributed by atoms with Crippen molar-refractivity contribution in [1.29, 1.82) is 0 Å². The Morgan fingerprint density at radius 2 is 1.78 bits per heavy atom. The molecule has 0 spiro atoms. The molecule has 0 aliphatic heterocycles. The predicted molar refractivity (Wildman–Crippen MR) is 85.1 cm³/mol. The van der Waals surface area contributed by atoms with E-state index < -0.39 is 15.8 Å². The molecule has 0 atom stereocenters. The zero-order valence-electron chi connectivity index (χ0n) is 13.2. The highest BCUT2D eigenvalue weighted by Gasteiger charge is 2.27. The van der Waals surface area contributed by atoms with E-state index in [1.165, 1.54) is 12.1 Å². The van der Waals surface area contributed by atoms with Crippen molar-refractivity contribution in [3.8, 4) is 0 Å². The number of nitrogens with one attached hydrogen (secondary N) is 1. The first-order chi connectivity index (χ1) is 10.7. The summed E-state index contributed by atoms with van der Waals surface area (Å²) in [6, 6.07) is 4.43. The van der Waals surface area contributed by atoms with E-state index in [0.717, 1.165) is 6.26 Å². The van der Waals surface area contributed by atoms with Gasteiger partial charge in [-0.1, -0.05) is 6.07 Å². The van der Waals surface area contributed by atoms with Crippen LogP contribution in [0.4, 0.5) is 0 Å². The van der Waals surface area contributed by atoms with Crippen molar-refractivity contribution >= 4 is 21.7 Å². The number of amides is 1. The highest BCUT2D eigenvalue weighted by Crippen LogP contribution is 2.25. The minimum atomic E-state index is -3.37. The van der Waals surface area contributed by atoms with Crippen molar-refractivity contribution in [1.82, 2.24) is 5.32 Å². The second kappa shape index (κ2) is 6.70. The summed E-state index contributed by atoms with van der Waals surface area (Å²) in [7, 11) is -3.37. The Bertz CT molecular complexity index is 718. The molecule has 2 N–H and O–H groups in total. The quantitative estimate of drug-likeness (QED) is 0.871. The summed E-state index contributed by atoms with van der Waals surface area (Å²) in [4.78, 5) is 23.5. The molecule has 6 nitrogen and oxygen atoms in total. The molecule has 2 rings (SSSR count). The first kappa shape index (κ1) is 17.5. The monoisotopic (exact) mass is 339 g/mol. The molecule has 1 aliphatic carbocycles. The highest BCUT2D eigenvalue weighted by atomic mass is 32.2. The van der Waals surface area contributed by atoms with E-state index in [4.69, 9.17) is 5.11 Å². The molecule has 0 unspecified atom stereocenters. The number of aliphatic carboxylic acids is 1. The standard InChI is InChI=1S/C16H21NO5S/c1-10-3-8-13(23(2,21)22)9-14(10)15(18)17-12-6-4-11(5-7-12)16(19)20/h3,8-9,11-12H,4-7H2,1-2H3,(H,17,18)(H,19,20). The number of carbonyl (C=O) groups is 2. The molecule has 0 heterocycles. The fourth-order valence-electron chi connectivity index (χ4n) is 2.82. The third-order valence-electron chi connectivity index (χ3n) is 4.29. The van der Waals surface area contributed by atoms with Gasteiger partial charge in [0.05, 0.1) is 10.8 Å². The summed E-state index contributed by atoms with van der Waals surface area (Å²) < 4.78 is 23.2. The van der Waals surface area contributed by atoms with Gasteiger partial charge >= 0.3 is 5.97 Å². The smallest absolute Gasteiger partial charge is 0.306 e. The van der Waals surface area contributed by atoms with Crippen molar-refractivity contribution in [3.63, 3.8) is 0 Å². The van der Waals surface area contributed by atoms with Crippen LogP contribution in [0.3, 0.4) is 0 Å². The number of rotatable bonds is 4. The fourth-order valence-corrected chi connectivity index (χ4v) is 3.47. The van der Waals surface area contributed by atoms with Crippen LogP contribution in [0.1, 0.15) is 41.6 Å². The predicted octanol–water partition coefficient (Wildman–Crippen LogP) is 1.77. The van der Waals surface area contributed by atoms with Crippen LogP contribution in [0.5, 0.6) is 0 Å². The number of aryl methyl sites for hydroxylation is 1.